The van der Waals surface area contributed by atoms with Gasteiger partial charge in [-0.1, -0.05) is 29.8 Å². The largest absolute Gasteiger partial charge is 0.364 e. The van der Waals surface area contributed by atoms with Gasteiger partial charge in [0.25, 0.3) is 0 Å². The molecule has 0 atom stereocenters. The Morgan fingerprint density at radius 2 is 1.32 bits per heavy atom. The molecule has 8 heteroatoms. The van der Waals surface area contributed by atoms with E-state index in [1.165, 1.54) is 45.1 Å². The average Bonchev–Trinajstić information content (AvgIpc) is 3.04. The molecule has 1 aliphatic rings. The van der Waals surface area contributed by atoms with Gasteiger partial charge in [0.15, 0.2) is 0 Å². The van der Waals surface area contributed by atoms with Gasteiger partial charge in [-0.05, 0) is 129 Å². The molecule has 5 aromatic rings. The number of benzene rings is 3. The molecule has 47 heavy (non-hydrogen) atoms. The van der Waals surface area contributed by atoms with Crippen LogP contribution in [0.3, 0.4) is 0 Å². The Kier molecular flexibility index (Phi) is 13.8. The minimum absolute atomic E-state index is 0. The normalized spacial score (nSPS) is 13.2. The van der Waals surface area contributed by atoms with Gasteiger partial charge in [-0.25, -0.2) is 4.39 Å². The Hall–Kier alpha value is -3.48. The van der Waals surface area contributed by atoms with E-state index in [4.69, 9.17) is 4.98 Å². The summed E-state index contributed by atoms with van der Waals surface area (Å²) in [6.07, 6.45) is 5.90. The van der Waals surface area contributed by atoms with Crippen molar-refractivity contribution in [2.24, 2.45) is 0 Å². The second-order valence-electron chi connectivity index (χ2n) is 12.3. The molecule has 3 heterocycles. The summed E-state index contributed by atoms with van der Waals surface area (Å²) < 4.78 is 14.4. The van der Waals surface area contributed by atoms with E-state index >= 15 is 0 Å². The molecule has 0 amide bonds. The quantitative estimate of drug-likeness (QED) is 0.162. The second-order valence-corrected chi connectivity index (χ2v) is 12.3. The van der Waals surface area contributed by atoms with Crippen LogP contribution >= 0.6 is 37.2 Å². The zero-order valence-corrected chi connectivity index (χ0v) is 29.9. The number of aryl methyl sites for hydroxylation is 3. The van der Waals surface area contributed by atoms with Crippen LogP contribution in [0.2, 0.25) is 0 Å². The summed E-state index contributed by atoms with van der Waals surface area (Å²) in [4.78, 5) is 14.3. The molecule has 1 aliphatic heterocycles. The van der Waals surface area contributed by atoms with Gasteiger partial charge in [0.05, 0.1) is 11.4 Å². The Labute approximate surface area is 297 Å². The molecular formula is C39H44Cl3FN4. The first-order valence-corrected chi connectivity index (χ1v) is 15.6. The van der Waals surface area contributed by atoms with Crippen molar-refractivity contribution in [1.29, 1.82) is 0 Å². The molecular weight excluding hydrogens is 650 g/mol. The van der Waals surface area contributed by atoms with Crippen molar-refractivity contribution in [3.8, 4) is 22.5 Å². The fourth-order valence-electron chi connectivity index (χ4n) is 6.31. The molecule has 0 N–H and O–H groups in total. The average molecular weight is 694 g/mol. The molecule has 4 nitrogen and oxygen atoms in total. The maximum atomic E-state index is 14.4. The van der Waals surface area contributed by atoms with Crippen molar-refractivity contribution in [2.75, 3.05) is 18.0 Å². The van der Waals surface area contributed by atoms with Crippen molar-refractivity contribution in [3.63, 3.8) is 0 Å². The van der Waals surface area contributed by atoms with Crippen molar-refractivity contribution < 1.29 is 4.39 Å². The van der Waals surface area contributed by atoms with Crippen molar-refractivity contribution >= 4 is 42.9 Å². The molecule has 0 unspecified atom stereocenters. The summed E-state index contributed by atoms with van der Waals surface area (Å²) in [5, 5.41) is 0. The number of anilines is 1. The maximum absolute atomic E-state index is 14.4. The number of hydrogen-bond donors (Lipinski definition) is 0. The van der Waals surface area contributed by atoms with Crippen LogP contribution < -0.4 is 4.90 Å². The Morgan fingerprint density at radius 3 is 1.98 bits per heavy atom. The summed E-state index contributed by atoms with van der Waals surface area (Å²) in [7, 11) is 0. The molecule has 1 saturated heterocycles. The number of pyridine rings is 2. The third kappa shape index (κ3) is 9.11. The van der Waals surface area contributed by atoms with E-state index in [0.29, 0.717) is 17.3 Å². The summed E-state index contributed by atoms with van der Waals surface area (Å²) in [5.74, 6) is -0.237. The fourth-order valence-corrected chi connectivity index (χ4v) is 6.31. The minimum Gasteiger partial charge on any atom is -0.364 e. The SMILES string of the molecule is Cc1ccc(N(Cc2ccnc(-c3cc(C)c(C)c(C)c3)c2)C2CCN(Cc3ccnc(-c4ccccc4F)c3)CC2)cc1.Cl.Cl.Cl. The van der Waals surface area contributed by atoms with Gasteiger partial charge in [0.1, 0.15) is 5.82 Å². The lowest BCUT2D eigenvalue weighted by Crippen LogP contribution is -2.44. The fraction of sp³-hybridized carbons (Fsp3) is 0.282. The van der Waals surface area contributed by atoms with E-state index in [-0.39, 0.29) is 43.0 Å². The smallest absolute Gasteiger partial charge is 0.132 e. The first-order chi connectivity index (χ1) is 21.3. The van der Waals surface area contributed by atoms with E-state index in [1.807, 2.05) is 24.4 Å². The number of likely N-dealkylation sites (tertiary alicyclic amines) is 1. The van der Waals surface area contributed by atoms with E-state index < -0.39 is 0 Å². The lowest BCUT2D eigenvalue weighted by Gasteiger charge is -2.40. The summed E-state index contributed by atoms with van der Waals surface area (Å²) >= 11 is 0. The zero-order valence-electron chi connectivity index (χ0n) is 27.4. The number of piperidine rings is 1. The highest BCUT2D eigenvalue weighted by atomic mass is 35.5. The summed E-state index contributed by atoms with van der Waals surface area (Å²) in [5.41, 5.74) is 12.4. The molecule has 6 rings (SSSR count). The van der Waals surface area contributed by atoms with Crippen molar-refractivity contribution in [3.05, 3.63) is 137 Å². The molecule has 0 radical (unpaired) electrons. The monoisotopic (exact) mass is 692 g/mol. The van der Waals surface area contributed by atoms with Gasteiger partial charge in [-0.3, -0.25) is 14.9 Å². The van der Waals surface area contributed by atoms with Gasteiger partial charge in [-0.2, -0.15) is 0 Å². The Balaban J connectivity index is 0.00000200. The lowest BCUT2D eigenvalue weighted by atomic mass is 9.97. The van der Waals surface area contributed by atoms with Gasteiger partial charge >= 0.3 is 0 Å². The number of halogens is 4. The van der Waals surface area contributed by atoms with Crippen LogP contribution in [-0.4, -0.2) is 34.0 Å². The van der Waals surface area contributed by atoms with Crippen LogP contribution in [0.1, 0.15) is 46.2 Å². The third-order valence-corrected chi connectivity index (χ3v) is 9.14. The van der Waals surface area contributed by atoms with Crippen LogP contribution in [-0.2, 0) is 13.1 Å². The minimum atomic E-state index is -0.237. The van der Waals surface area contributed by atoms with Gasteiger partial charge in [0, 0.05) is 61.4 Å². The molecule has 3 aromatic carbocycles. The maximum Gasteiger partial charge on any atom is 0.132 e. The highest BCUT2D eigenvalue weighted by Gasteiger charge is 2.26. The van der Waals surface area contributed by atoms with E-state index in [0.717, 1.165) is 50.3 Å². The van der Waals surface area contributed by atoms with Crippen LogP contribution in [0.5, 0.6) is 0 Å². The standard InChI is InChI=1S/C39H41FN4.3ClH/c1-27-9-11-34(12-10-27)44(26-32-14-17-41-38(23-32)33-21-28(2)30(4)29(3)22-33)35-15-19-43(20-16-35)25-31-13-18-42-39(24-31)36-7-5-6-8-37(36)40;;;/h5-14,17-18,21-24,35H,15-16,19-20,25-26H2,1-4H3;3*1H. The lowest BCUT2D eigenvalue weighted by molar-refractivity contribution is 0.201. The Bertz CT molecular complexity index is 1730. The van der Waals surface area contributed by atoms with Crippen LogP contribution in [0.4, 0.5) is 10.1 Å². The van der Waals surface area contributed by atoms with Gasteiger partial charge < -0.3 is 4.90 Å². The molecule has 2 aromatic heterocycles. The molecule has 0 spiro atoms. The van der Waals surface area contributed by atoms with Gasteiger partial charge in [-0.15, -0.1) is 37.2 Å². The van der Waals surface area contributed by atoms with Crippen LogP contribution in [0, 0.1) is 33.5 Å². The first kappa shape index (κ1) is 38.0. The van der Waals surface area contributed by atoms with Crippen LogP contribution in [0.15, 0.2) is 97.3 Å². The molecule has 0 aliphatic carbocycles. The van der Waals surface area contributed by atoms with E-state index in [9.17, 15) is 4.39 Å². The van der Waals surface area contributed by atoms with E-state index in [2.05, 4.69) is 91.0 Å². The highest BCUT2D eigenvalue weighted by Crippen LogP contribution is 2.29. The molecule has 1 fully saturated rings. The van der Waals surface area contributed by atoms with E-state index in [1.54, 1.807) is 18.3 Å². The topological polar surface area (TPSA) is 32.3 Å². The predicted molar refractivity (Wildman–Crippen MR) is 201 cm³/mol. The summed E-state index contributed by atoms with van der Waals surface area (Å²) in [6.45, 7) is 12.4. The molecule has 0 saturated carbocycles. The number of hydrogen-bond acceptors (Lipinski definition) is 4. The predicted octanol–water partition coefficient (Wildman–Crippen LogP) is 10.1. The van der Waals surface area contributed by atoms with Crippen molar-refractivity contribution in [1.82, 2.24) is 14.9 Å². The van der Waals surface area contributed by atoms with Crippen molar-refractivity contribution in [2.45, 2.75) is 59.7 Å². The number of aromatic nitrogens is 2. The number of nitrogens with zero attached hydrogens (tertiary/aromatic N) is 4. The second kappa shape index (κ2) is 17.1. The molecule has 0 bridgehead atoms. The highest BCUT2D eigenvalue weighted by molar-refractivity contribution is 5.86. The molecule has 248 valence electrons. The van der Waals surface area contributed by atoms with Crippen LogP contribution in [0.25, 0.3) is 22.5 Å². The summed E-state index contributed by atoms with van der Waals surface area (Å²) in [6, 6.07) is 29.2. The van der Waals surface area contributed by atoms with Gasteiger partial charge in [0.2, 0.25) is 0 Å². The zero-order chi connectivity index (χ0) is 30.6. The first-order valence-electron chi connectivity index (χ1n) is 15.6. The Morgan fingerprint density at radius 1 is 0.723 bits per heavy atom. The third-order valence-electron chi connectivity index (χ3n) is 9.14. The number of rotatable bonds is 8.